The lowest BCUT2D eigenvalue weighted by molar-refractivity contribution is 0.0527. The number of aryl methyl sites for hydroxylation is 1. The van der Waals surface area contributed by atoms with Crippen LogP contribution in [0.15, 0.2) is 48.5 Å². The third kappa shape index (κ3) is 4.83. The lowest BCUT2D eigenvalue weighted by Crippen LogP contribution is -2.33. The molecule has 0 saturated heterocycles. The molecule has 6 heteroatoms. The summed E-state index contributed by atoms with van der Waals surface area (Å²) in [5, 5.41) is 14.4. The predicted molar refractivity (Wildman–Crippen MR) is 118 cm³/mol. The van der Waals surface area contributed by atoms with Crippen LogP contribution in [0.3, 0.4) is 0 Å². The molecule has 0 aliphatic heterocycles. The third-order valence-corrected chi connectivity index (χ3v) is 5.34. The molecule has 0 fully saturated rings. The Labute approximate surface area is 177 Å². The molecule has 0 radical (unpaired) electrons. The first kappa shape index (κ1) is 21.9. The quantitative estimate of drug-likeness (QED) is 0.526. The number of benzene rings is 2. The summed E-state index contributed by atoms with van der Waals surface area (Å²) < 4.78 is 13.0. The van der Waals surface area contributed by atoms with E-state index < -0.39 is 6.10 Å². The van der Waals surface area contributed by atoms with Crippen LogP contribution >= 0.6 is 0 Å². The standard InChI is InChI=1S/C24H30N2O4/c1-5-29-24(28)23-17(3)26(4)22-12-11-20(13-21(22)23)30-15-19(27)14-25-16(2)18-9-7-6-8-10-18/h6-13,16,19,25,27H,5,14-15H2,1-4H3/t16-,19+/m0/s1. The summed E-state index contributed by atoms with van der Waals surface area (Å²) in [7, 11) is 1.92. The highest BCUT2D eigenvalue weighted by Crippen LogP contribution is 2.29. The minimum absolute atomic E-state index is 0.136. The molecule has 1 heterocycles. The van der Waals surface area contributed by atoms with Gasteiger partial charge in [0.05, 0.1) is 12.2 Å². The number of carbonyl (C=O) groups excluding carboxylic acids is 1. The number of hydrogen-bond acceptors (Lipinski definition) is 5. The van der Waals surface area contributed by atoms with Gasteiger partial charge in [-0.2, -0.15) is 0 Å². The normalized spacial score (nSPS) is 13.2. The first-order chi connectivity index (χ1) is 14.4. The van der Waals surface area contributed by atoms with Gasteiger partial charge in [-0.25, -0.2) is 4.79 Å². The van der Waals surface area contributed by atoms with Gasteiger partial charge >= 0.3 is 5.97 Å². The lowest BCUT2D eigenvalue weighted by Gasteiger charge is -2.18. The van der Waals surface area contributed by atoms with Crippen molar-refractivity contribution in [2.75, 3.05) is 19.8 Å². The van der Waals surface area contributed by atoms with E-state index in [0.29, 0.717) is 24.5 Å². The molecule has 2 N–H and O–H groups in total. The highest BCUT2D eigenvalue weighted by molar-refractivity contribution is 6.06. The minimum atomic E-state index is -0.658. The number of ether oxygens (including phenoxy) is 2. The van der Waals surface area contributed by atoms with Crippen LogP contribution in [0.1, 0.15) is 41.5 Å². The fourth-order valence-corrected chi connectivity index (χ4v) is 3.53. The third-order valence-electron chi connectivity index (χ3n) is 5.34. The van der Waals surface area contributed by atoms with E-state index in [2.05, 4.69) is 24.4 Å². The van der Waals surface area contributed by atoms with Gasteiger partial charge in [0.15, 0.2) is 0 Å². The molecule has 0 aliphatic carbocycles. The average Bonchev–Trinajstić information content (AvgIpc) is 3.01. The number of nitrogens with one attached hydrogen (secondary N) is 1. The molecule has 0 amide bonds. The Morgan fingerprint density at radius 2 is 1.93 bits per heavy atom. The van der Waals surface area contributed by atoms with Gasteiger partial charge in [0.1, 0.15) is 18.5 Å². The Balaban J connectivity index is 1.64. The number of nitrogens with zero attached hydrogens (tertiary/aromatic N) is 1. The van der Waals surface area contributed by atoms with Crippen LogP contribution < -0.4 is 10.1 Å². The average molecular weight is 411 g/mol. The number of hydrogen-bond donors (Lipinski definition) is 2. The molecule has 2 atom stereocenters. The molecule has 0 aliphatic rings. The van der Waals surface area contributed by atoms with Crippen molar-refractivity contribution in [3.63, 3.8) is 0 Å². The molecule has 0 bridgehead atoms. The summed E-state index contributed by atoms with van der Waals surface area (Å²) in [5.41, 5.74) is 3.50. The van der Waals surface area contributed by atoms with Crippen LogP contribution in [0.2, 0.25) is 0 Å². The second-order valence-corrected chi connectivity index (χ2v) is 7.42. The Morgan fingerprint density at radius 3 is 2.63 bits per heavy atom. The van der Waals surface area contributed by atoms with Crippen molar-refractivity contribution >= 4 is 16.9 Å². The maximum absolute atomic E-state index is 12.4. The van der Waals surface area contributed by atoms with Crippen molar-refractivity contribution in [2.24, 2.45) is 7.05 Å². The summed E-state index contributed by atoms with van der Waals surface area (Å²) in [6, 6.07) is 15.8. The van der Waals surface area contributed by atoms with Gasteiger partial charge in [0.25, 0.3) is 0 Å². The summed E-state index contributed by atoms with van der Waals surface area (Å²) >= 11 is 0. The highest BCUT2D eigenvalue weighted by Gasteiger charge is 2.20. The topological polar surface area (TPSA) is 72.7 Å². The van der Waals surface area contributed by atoms with Crippen molar-refractivity contribution in [3.8, 4) is 5.75 Å². The Hall–Kier alpha value is -2.83. The number of fused-ring (bicyclic) bond motifs is 1. The van der Waals surface area contributed by atoms with Crippen molar-refractivity contribution in [1.29, 1.82) is 0 Å². The molecule has 3 rings (SSSR count). The van der Waals surface area contributed by atoms with Crippen LogP contribution in [0, 0.1) is 6.92 Å². The monoisotopic (exact) mass is 410 g/mol. The number of aliphatic hydroxyl groups excluding tert-OH is 1. The molecule has 0 unspecified atom stereocenters. The van der Waals surface area contributed by atoms with Crippen LogP contribution in [0.4, 0.5) is 0 Å². The first-order valence-corrected chi connectivity index (χ1v) is 10.3. The fourth-order valence-electron chi connectivity index (χ4n) is 3.53. The number of rotatable bonds is 9. The largest absolute Gasteiger partial charge is 0.491 e. The number of aliphatic hydroxyl groups is 1. The van der Waals surface area contributed by atoms with Crippen LogP contribution in [0.5, 0.6) is 5.75 Å². The van der Waals surface area contributed by atoms with Gasteiger partial charge in [0.2, 0.25) is 0 Å². The zero-order valence-electron chi connectivity index (χ0n) is 18.0. The van der Waals surface area contributed by atoms with Crippen LogP contribution in [0.25, 0.3) is 10.9 Å². The van der Waals surface area contributed by atoms with E-state index in [1.165, 1.54) is 5.56 Å². The number of aromatic nitrogens is 1. The predicted octanol–water partition coefficient (Wildman–Crippen LogP) is 3.75. The van der Waals surface area contributed by atoms with Crippen LogP contribution in [-0.4, -0.2) is 41.5 Å². The smallest absolute Gasteiger partial charge is 0.340 e. The van der Waals surface area contributed by atoms with Gasteiger partial charge < -0.3 is 24.5 Å². The van der Waals surface area contributed by atoms with Gasteiger partial charge in [0, 0.05) is 36.2 Å². The zero-order valence-corrected chi connectivity index (χ0v) is 18.0. The lowest BCUT2D eigenvalue weighted by atomic mass is 10.1. The molecular weight excluding hydrogens is 380 g/mol. The summed E-state index contributed by atoms with van der Waals surface area (Å²) in [6.45, 7) is 6.64. The SMILES string of the molecule is CCOC(=O)c1c(C)n(C)c2ccc(OC[C@H](O)CN[C@@H](C)c3ccccc3)cc12. The van der Waals surface area contributed by atoms with Gasteiger partial charge in [-0.15, -0.1) is 0 Å². The summed E-state index contributed by atoms with van der Waals surface area (Å²) in [4.78, 5) is 12.4. The Morgan fingerprint density at radius 1 is 1.20 bits per heavy atom. The van der Waals surface area contributed by atoms with E-state index in [-0.39, 0.29) is 18.6 Å². The van der Waals surface area contributed by atoms with Crippen molar-refractivity contribution in [1.82, 2.24) is 9.88 Å². The molecule has 2 aromatic carbocycles. The second kappa shape index (κ2) is 9.78. The molecule has 3 aromatic rings. The van der Waals surface area contributed by atoms with Crippen molar-refractivity contribution in [2.45, 2.75) is 32.9 Å². The Kier molecular flexibility index (Phi) is 7.13. The molecule has 0 spiro atoms. The van der Waals surface area contributed by atoms with E-state index in [1.54, 1.807) is 6.92 Å². The highest BCUT2D eigenvalue weighted by atomic mass is 16.5. The first-order valence-electron chi connectivity index (χ1n) is 10.3. The van der Waals surface area contributed by atoms with Crippen molar-refractivity contribution in [3.05, 3.63) is 65.4 Å². The van der Waals surface area contributed by atoms with Gasteiger partial charge in [-0.1, -0.05) is 30.3 Å². The molecule has 0 saturated carbocycles. The van der Waals surface area contributed by atoms with Crippen LogP contribution in [-0.2, 0) is 11.8 Å². The van der Waals surface area contributed by atoms with E-state index in [1.807, 2.05) is 54.9 Å². The molecule has 30 heavy (non-hydrogen) atoms. The van der Waals surface area contributed by atoms with E-state index in [9.17, 15) is 9.90 Å². The number of esters is 1. The second-order valence-electron chi connectivity index (χ2n) is 7.42. The molecular formula is C24H30N2O4. The van der Waals surface area contributed by atoms with E-state index in [0.717, 1.165) is 16.6 Å². The zero-order chi connectivity index (χ0) is 21.7. The van der Waals surface area contributed by atoms with E-state index >= 15 is 0 Å². The molecule has 160 valence electrons. The number of carbonyl (C=O) groups is 1. The molecule has 1 aromatic heterocycles. The maximum atomic E-state index is 12.4. The van der Waals surface area contributed by atoms with Gasteiger partial charge in [-0.3, -0.25) is 0 Å². The molecule has 6 nitrogen and oxygen atoms in total. The summed E-state index contributed by atoms with van der Waals surface area (Å²) in [6.07, 6.45) is -0.658. The van der Waals surface area contributed by atoms with Crippen molar-refractivity contribution < 1.29 is 19.4 Å². The Bertz CT molecular complexity index is 997. The summed E-state index contributed by atoms with van der Waals surface area (Å²) in [5.74, 6) is 0.269. The maximum Gasteiger partial charge on any atom is 0.340 e. The van der Waals surface area contributed by atoms with E-state index in [4.69, 9.17) is 9.47 Å². The fraction of sp³-hybridized carbons (Fsp3) is 0.375. The minimum Gasteiger partial charge on any atom is -0.491 e. The van der Waals surface area contributed by atoms with Gasteiger partial charge in [-0.05, 0) is 44.5 Å².